The molecule has 0 radical (unpaired) electrons. The van der Waals surface area contributed by atoms with Crippen LogP contribution in [-0.4, -0.2) is 31.2 Å². The van der Waals surface area contributed by atoms with Crippen molar-refractivity contribution in [1.29, 1.82) is 0 Å². The van der Waals surface area contributed by atoms with E-state index in [0.717, 1.165) is 4.48 Å². The van der Waals surface area contributed by atoms with Crippen LogP contribution in [0.5, 0.6) is 0 Å². The highest BCUT2D eigenvalue weighted by Gasteiger charge is 2.31. The van der Waals surface area contributed by atoms with Gasteiger partial charge in [-0.1, -0.05) is 57.8 Å². The van der Waals surface area contributed by atoms with Gasteiger partial charge in [-0.25, -0.2) is 0 Å². The summed E-state index contributed by atoms with van der Waals surface area (Å²) in [5.74, 6) is 0.614. The van der Waals surface area contributed by atoms with E-state index in [-0.39, 0.29) is 0 Å². The molecule has 2 atom stereocenters. The van der Waals surface area contributed by atoms with Gasteiger partial charge in [0.25, 0.3) is 0 Å². The third-order valence-corrected chi connectivity index (χ3v) is 6.11. The second kappa shape index (κ2) is 9.06. The zero-order chi connectivity index (χ0) is 17.5. The maximum absolute atomic E-state index is 2.51. The van der Waals surface area contributed by atoms with E-state index in [1.807, 2.05) is 0 Å². The van der Waals surface area contributed by atoms with E-state index >= 15 is 0 Å². The lowest BCUT2D eigenvalue weighted by molar-refractivity contribution is -0.906. The van der Waals surface area contributed by atoms with E-state index in [1.54, 1.807) is 5.57 Å². The zero-order valence-corrected chi connectivity index (χ0v) is 17.0. The molecular formula is C22H42N+. The van der Waals surface area contributed by atoms with E-state index < -0.39 is 0 Å². The molecule has 2 unspecified atom stereocenters. The van der Waals surface area contributed by atoms with Crippen LogP contribution in [0.4, 0.5) is 0 Å². The first kappa shape index (κ1) is 20.5. The quantitative estimate of drug-likeness (QED) is 0.263. The van der Waals surface area contributed by atoms with Crippen LogP contribution in [-0.2, 0) is 0 Å². The van der Waals surface area contributed by atoms with Gasteiger partial charge in [0.1, 0.15) is 6.04 Å². The number of nitrogens with zero attached hydrogens (tertiary/aromatic N) is 1. The van der Waals surface area contributed by atoms with Gasteiger partial charge >= 0.3 is 0 Å². The van der Waals surface area contributed by atoms with Crippen LogP contribution in [0.2, 0.25) is 0 Å². The summed E-state index contributed by atoms with van der Waals surface area (Å²) in [5.41, 5.74) is 1.97. The Hall–Kier alpha value is -0.560. The van der Waals surface area contributed by atoms with Crippen LogP contribution in [0.1, 0.15) is 79.6 Å². The molecule has 0 aromatic heterocycles. The molecule has 0 amide bonds. The van der Waals surface area contributed by atoms with Crippen molar-refractivity contribution in [2.24, 2.45) is 11.3 Å². The van der Waals surface area contributed by atoms with Crippen molar-refractivity contribution in [2.75, 3.05) is 20.6 Å². The number of rotatable bonds is 9. The van der Waals surface area contributed by atoms with Gasteiger partial charge < -0.3 is 4.48 Å². The van der Waals surface area contributed by atoms with Gasteiger partial charge in [0.05, 0.1) is 20.6 Å². The maximum atomic E-state index is 2.51. The van der Waals surface area contributed by atoms with Crippen LogP contribution >= 0.6 is 0 Å². The van der Waals surface area contributed by atoms with Crippen LogP contribution in [0.3, 0.4) is 0 Å². The Labute approximate surface area is 146 Å². The Morgan fingerprint density at radius 2 is 1.87 bits per heavy atom. The largest absolute Gasteiger partial charge is 0.323 e. The highest BCUT2D eigenvalue weighted by molar-refractivity contribution is 5.19. The number of unbranched alkanes of at least 4 members (excludes halogenated alkanes) is 4. The molecule has 0 bridgehead atoms. The van der Waals surface area contributed by atoms with Crippen molar-refractivity contribution in [2.45, 2.75) is 85.6 Å². The number of quaternary nitrogens is 1. The molecule has 0 heterocycles. The highest BCUT2D eigenvalue weighted by Crippen LogP contribution is 2.41. The molecule has 0 saturated heterocycles. The first-order valence-electron chi connectivity index (χ1n) is 9.88. The first-order valence-corrected chi connectivity index (χ1v) is 9.88. The fraction of sp³-hybridized carbons (Fsp3) is 0.818. The van der Waals surface area contributed by atoms with Crippen molar-refractivity contribution >= 4 is 0 Å². The first-order chi connectivity index (χ1) is 10.7. The molecule has 0 spiro atoms. The Morgan fingerprint density at radius 3 is 2.48 bits per heavy atom. The summed E-state index contributed by atoms with van der Waals surface area (Å²) < 4.78 is 1.11. The summed E-state index contributed by atoms with van der Waals surface area (Å²) in [6.07, 6.45) is 16.9. The monoisotopic (exact) mass is 320 g/mol. The molecule has 1 aliphatic rings. The zero-order valence-electron chi connectivity index (χ0n) is 17.0. The minimum Gasteiger partial charge on any atom is -0.323 e. The van der Waals surface area contributed by atoms with E-state index in [1.165, 1.54) is 51.5 Å². The lowest BCUT2D eigenvalue weighted by Crippen LogP contribution is -2.47. The summed E-state index contributed by atoms with van der Waals surface area (Å²) in [5, 5.41) is 0. The molecule has 0 N–H and O–H groups in total. The standard InChI is InChI=1S/C22H42N/c1-8-9-10-11-12-18-23(6,7)20(3)15-16-21-19(2)14-13-17-22(21,4)5/h14-16,20-21H,8-13,17-18H2,1-7H3/q+1/b16-15+. The normalized spacial score (nSPS) is 23.1. The number of hydrogen-bond donors (Lipinski definition) is 0. The average molecular weight is 321 g/mol. The van der Waals surface area contributed by atoms with Gasteiger partial charge in [0.15, 0.2) is 0 Å². The van der Waals surface area contributed by atoms with Crippen LogP contribution in [0.15, 0.2) is 23.8 Å². The number of allylic oxidation sites excluding steroid dienone is 3. The molecule has 1 rings (SSSR count). The predicted molar refractivity (Wildman–Crippen MR) is 105 cm³/mol. The summed E-state index contributed by atoms with van der Waals surface area (Å²) >= 11 is 0. The molecule has 23 heavy (non-hydrogen) atoms. The summed E-state index contributed by atoms with van der Waals surface area (Å²) in [4.78, 5) is 0. The van der Waals surface area contributed by atoms with Gasteiger partial charge in [-0.2, -0.15) is 0 Å². The number of hydrogen-bond acceptors (Lipinski definition) is 0. The van der Waals surface area contributed by atoms with E-state index in [4.69, 9.17) is 0 Å². The average Bonchev–Trinajstić information content (AvgIpc) is 2.45. The van der Waals surface area contributed by atoms with Crippen molar-refractivity contribution in [1.82, 2.24) is 0 Å². The lowest BCUT2D eigenvalue weighted by atomic mass is 9.68. The SMILES string of the molecule is CCCCCCC[N+](C)(C)C(C)/C=C/C1C(C)=CCCC1(C)C. The van der Waals surface area contributed by atoms with Crippen molar-refractivity contribution in [3.63, 3.8) is 0 Å². The van der Waals surface area contributed by atoms with Crippen LogP contribution in [0, 0.1) is 11.3 Å². The molecular weight excluding hydrogens is 278 g/mol. The second-order valence-corrected chi connectivity index (χ2v) is 9.00. The van der Waals surface area contributed by atoms with Gasteiger partial charge in [-0.05, 0) is 51.0 Å². The van der Waals surface area contributed by atoms with Crippen LogP contribution < -0.4 is 0 Å². The third-order valence-electron chi connectivity index (χ3n) is 6.11. The van der Waals surface area contributed by atoms with Crippen LogP contribution in [0.25, 0.3) is 0 Å². The smallest absolute Gasteiger partial charge is 0.104 e. The lowest BCUT2D eigenvalue weighted by Gasteiger charge is -2.38. The molecule has 134 valence electrons. The third kappa shape index (κ3) is 6.45. The minimum atomic E-state index is 0.409. The Kier molecular flexibility index (Phi) is 8.07. The fourth-order valence-electron chi connectivity index (χ4n) is 3.81. The molecule has 0 aliphatic heterocycles. The molecule has 0 aromatic carbocycles. The van der Waals surface area contributed by atoms with Crippen molar-refractivity contribution in [3.05, 3.63) is 23.8 Å². The number of likely N-dealkylation sites (N-methyl/N-ethyl adjacent to an activating group) is 1. The predicted octanol–water partition coefficient (Wildman–Crippen LogP) is 6.36. The molecule has 1 heteroatoms. The second-order valence-electron chi connectivity index (χ2n) is 9.00. The molecule has 0 fully saturated rings. The summed E-state index contributed by atoms with van der Waals surface area (Å²) in [6.45, 7) is 13.1. The molecule has 1 nitrogen and oxygen atoms in total. The Morgan fingerprint density at radius 1 is 1.22 bits per heavy atom. The summed E-state index contributed by atoms with van der Waals surface area (Å²) in [6, 6.07) is 0.590. The van der Waals surface area contributed by atoms with Gasteiger partial charge in [0.2, 0.25) is 0 Å². The topological polar surface area (TPSA) is 0 Å². The van der Waals surface area contributed by atoms with Gasteiger partial charge in [-0.15, -0.1) is 0 Å². The van der Waals surface area contributed by atoms with Crippen molar-refractivity contribution < 1.29 is 4.48 Å². The van der Waals surface area contributed by atoms with E-state index in [0.29, 0.717) is 17.4 Å². The fourth-order valence-corrected chi connectivity index (χ4v) is 3.81. The van der Waals surface area contributed by atoms with Gasteiger partial charge in [0, 0.05) is 5.92 Å². The Balaban J connectivity index is 2.56. The van der Waals surface area contributed by atoms with E-state index in [2.05, 4.69) is 66.9 Å². The molecule has 0 saturated carbocycles. The summed E-state index contributed by atoms with van der Waals surface area (Å²) in [7, 11) is 4.78. The Bertz CT molecular complexity index is 400. The molecule has 0 aromatic rings. The van der Waals surface area contributed by atoms with Crippen molar-refractivity contribution in [3.8, 4) is 0 Å². The van der Waals surface area contributed by atoms with E-state index in [9.17, 15) is 0 Å². The highest BCUT2D eigenvalue weighted by atomic mass is 15.3. The molecule has 1 aliphatic carbocycles. The van der Waals surface area contributed by atoms with Gasteiger partial charge in [-0.3, -0.25) is 0 Å². The minimum absolute atomic E-state index is 0.409. The maximum Gasteiger partial charge on any atom is 0.104 e.